The normalized spacial score (nSPS) is 12.4. The second-order valence-electron chi connectivity index (χ2n) is 5.88. The number of nitrogens with one attached hydrogen (secondary N) is 2. The van der Waals surface area contributed by atoms with Crippen LogP contribution in [0.2, 0.25) is 0 Å². The molecule has 2 rings (SSSR count). The largest absolute Gasteiger partial charge is 0.478 e. The first kappa shape index (κ1) is 21.6. The van der Waals surface area contributed by atoms with Gasteiger partial charge in [-0.2, -0.15) is 0 Å². The Morgan fingerprint density at radius 3 is 2.82 bits per heavy atom. The van der Waals surface area contributed by atoms with Gasteiger partial charge in [0.2, 0.25) is 5.88 Å². The average Bonchev–Trinajstić information content (AvgIpc) is 3.08. The minimum atomic E-state index is -0.335. The zero-order valence-corrected chi connectivity index (χ0v) is 17.7. The number of esters is 1. The average molecular weight is 406 g/mol. The van der Waals surface area contributed by atoms with Gasteiger partial charge >= 0.3 is 5.97 Å². The molecule has 2 aromatic heterocycles. The van der Waals surface area contributed by atoms with Crippen LogP contribution in [0.5, 0.6) is 5.88 Å². The van der Waals surface area contributed by atoms with Crippen molar-refractivity contribution < 1.29 is 14.3 Å². The molecule has 0 fully saturated rings. The number of hydrogen-bond donors (Lipinski definition) is 2. The van der Waals surface area contributed by atoms with Gasteiger partial charge in [0.05, 0.1) is 24.9 Å². The summed E-state index contributed by atoms with van der Waals surface area (Å²) in [6.07, 6.45) is 1.70. The van der Waals surface area contributed by atoms with Gasteiger partial charge in [0.1, 0.15) is 9.88 Å². The fourth-order valence-electron chi connectivity index (χ4n) is 2.45. The summed E-state index contributed by atoms with van der Waals surface area (Å²) in [5.74, 6) is 0.887. The quantitative estimate of drug-likeness (QED) is 0.396. The molecular weight excluding hydrogens is 378 g/mol. The number of carbonyl (C=O) groups excluding carboxylic acids is 1. The molecule has 8 nitrogen and oxygen atoms in total. The van der Waals surface area contributed by atoms with E-state index in [-0.39, 0.29) is 12.0 Å². The van der Waals surface area contributed by atoms with Crippen LogP contribution in [0.1, 0.15) is 52.7 Å². The summed E-state index contributed by atoms with van der Waals surface area (Å²) in [6.45, 7) is 8.90. The summed E-state index contributed by atoms with van der Waals surface area (Å²) in [6, 6.07) is 3.70. The van der Waals surface area contributed by atoms with Gasteiger partial charge in [0.15, 0.2) is 5.96 Å². The van der Waals surface area contributed by atoms with Crippen LogP contribution in [-0.2, 0) is 11.3 Å². The van der Waals surface area contributed by atoms with Crippen LogP contribution in [0.4, 0.5) is 0 Å². The number of aliphatic imine (C=N–C) groups is 1. The summed E-state index contributed by atoms with van der Waals surface area (Å²) in [4.78, 5) is 25.5. The number of nitrogens with zero attached hydrogens (tertiary/aromatic N) is 3. The third kappa shape index (κ3) is 5.66. The lowest BCUT2D eigenvalue weighted by Crippen LogP contribution is -2.38. The van der Waals surface area contributed by atoms with Gasteiger partial charge in [-0.15, -0.1) is 11.3 Å². The Morgan fingerprint density at radius 1 is 1.36 bits per heavy atom. The lowest BCUT2D eigenvalue weighted by Gasteiger charge is -2.17. The Balaban J connectivity index is 2.01. The van der Waals surface area contributed by atoms with E-state index < -0.39 is 0 Å². The smallest absolute Gasteiger partial charge is 0.350 e. The standard InChI is InChI=1S/C19H27N5O3S/c1-6-26-16-14(9-8-10-21-16)11-22-19(20-5)24-13(4)17-23-12(3)15(28-17)18(25)27-7-2/h8-10,13H,6-7,11H2,1-5H3,(H2,20,22,24). The highest BCUT2D eigenvalue weighted by Crippen LogP contribution is 2.24. The van der Waals surface area contributed by atoms with Crippen molar-refractivity contribution in [1.82, 2.24) is 20.6 Å². The Bertz CT molecular complexity index is 822. The van der Waals surface area contributed by atoms with Crippen LogP contribution in [0.15, 0.2) is 23.3 Å². The molecule has 2 aromatic rings. The third-order valence-electron chi connectivity index (χ3n) is 3.80. The van der Waals surface area contributed by atoms with Crippen molar-refractivity contribution in [3.05, 3.63) is 39.5 Å². The molecule has 1 atom stereocenters. The number of aromatic nitrogens is 2. The fraction of sp³-hybridized carbons (Fsp3) is 0.474. The Hall–Kier alpha value is -2.68. The van der Waals surface area contributed by atoms with Crippen LogP contribution in [0, 0.1) is 6.92 Å². The maximum atomic E-state index is 12.0. The van der Waals surface area contributed by atoms with Gasteiger partial charge in [0, 0.05) is 25.4 Å². The van der Waals surface area contributed by atoms with E-state index in [1.165, 1.54) is 11.3 Å². The molecule has 0 aliphatic heterocycles. The molecule has 0 saturated carbocycles. The second-order valence-corrected chi connectivity index (χ2v) is 6.91. The van der Waals surface area contributed by atoms with E-state index in [9.17, 15) is 4.79 Å². The minimum absolute atomic E-state index is 0.127. The van der Waals surface area contributed by atoms with E-state index in [1.54, 1.807) is 20.2 Å². The maximum Gasteiger partial charge on any atom is 0.350 e. The lowest BCUT2D eigenvalue weighted by molar-refractivity contribution is 0.0531. The summed E-state index contributed by atoms with van der Waals surface area (Å²) in [5, 5.41) is 7.33. The SMILES string of the molecule is CCOC(=O)c1sc(C(C)NC(=NC)NCc2cccnc2OCC)nc1C. The third-order valence-corrected chi connectivity index (χ3v) is 5.12. The maximum absolute atomic E-state index is 12.0. The van der Waals surface area contributed by atoms with E-state index in [2.05, 4.69) is 25.6 Å². The van der Waals surface area contributed by atoms with Gasteiger partial charge in [0.25, 0.3) is 0 Å². The molecule has 0 spiro atoms. The molecular formula is C19H27N5O3S. The van der Waals surface area contributed by atoms with E-state index in [4.69, 9.17) is 9.47 Å². The molecule has 2 heterocycles. The van der Waals surface area contributed by atoms with Crippen molar-refractivity contribution in [2.45, 2.75) is 40.3 Å². The number of ether oxygens (including phenoxy) is 2. The molecule has 9 heteroatoms. The van der Waals surface area contributed by atoms with Crippen LogP contribution in [-0.4, -0.2) is 42.2 Å². The van der Waals surface area contributed by atoms with Crippen molar-refractivity contribution in [3.63, 3.8) is 0 Å². The van der Waals surface area contributed by atoms with E-state index >= 15 is 0 Å². The summed E-state index contributed by atoms with van der Waals surface area (Å²) >= 11 is 1.33. The predicted molar refractivity (Wildman–Crippen MR) is 110 cm³/mol. The summed E-state index contributed by atoms with van der Waals surface area (Å²) in [7, 11) is 1.70. The first-order chi connectivity index (χ1) is 13.5. The van der Waals surface area contributed by atoms with Gasteiger partial charge in [-0.1, -0.05) is 6.07 Å². The van der Waals surface area contributed by atoms with Gasteiger partial charge in [-0.25, -0.2) is 14.8 Å². The highest BCUT2D eigenvalue weighted by Gasteiger charge is 2.20. The Morgan fingerprint density at radius 2 is 2.14 bits per heavy atom. The molecule has 2 N–H and O–H groups in total. The molecule has 152 valence electrons. The minimum Gasteiger partial charge on any atom is -0.478 e. The molecule has 0 amide bonds. The first-order valence-electron chi connectivity index (χ1n) is 9.18. The Labute approximate surface area is 169 Å². The molecule has 0 aliphatic carbocycles. The van der Waals surface area contributed by atoms with Crippen LogP contribution >= 0.6 is 11.3 Å². The van der Waals surface area contributed by atoms with E-state index in [0.29, 0.717) is 42.2 Å². The van der Waals surface area contributed by atoms with Crippen molar-refractivity contribution in [2.75, 3.05) is 20.3 Å². The van der Waals surface area contributed by atoms with Crippen molar-refractivity contribution in [3.8, 4) is 5.88 Å². The summed E-state index contributed by atoms with van der Waals surface area (Å²) in [5.41, 5.74) is 1.61. The first-order valence-corrected chi connectivity index (χ1v) is 10.00. The number of carbonyl (C=O) groups is 1. The van der Waals surface area contributed by atoms with E-state index in [0.717, 1.165) is 10.6 Å². The number of thiazole rings is 1. The fourth-order valence-corrected chi connectivity index (χ4v) is 3.42. The molecule has 1 unspecified atom stereocenters. The van der Waals surface area contributed by atoms with Crippen LogP contribution < -0.4 is 15.4 Å². The molecule has 0 aromatic carbocycles. The number of aryl methyl sites for hydroxylation is 1. The topological polar surface area (TPSA) is 97.7 Å². The zero-order valence-electron chi connectivity index (χ0n) is 16.9. The molecule has 0 bridgehead atoms. The van der Waals surface area contributed by atoms with E-state index in [1.807, 2.05) is 32.9 Å². The lowest BCUT2D eigenvalue weighted by atomic mass is 10.2. The number of rotatable bonds is 8. The predicted octanol–water partition coefficient (Wildman–Crippen LogP) is 2.85. The van der Waals surface area contributed by atoms with Gasteiger partial charge in [-0.3, -0.25) is 4.99 Å². The van der Waals surface area contributed by atoms with Gasteiger partial charge in [-0.05, 0) is 33.8 Å². The second kappa shape index (κ2) is 10.6. The highest BCUT2D eigenvalue weighted by atomic mass is 32.1. The Kier molecular flexibility index (Phi) is 8.19. The van der Waals surface area contributed by atoms with Crippen molar-refractivity contribution in [2.24, 2.45) is 4.99 Å². The van der Waals surface area contributed by atoms with Crippen molar-refractivity contribution in [1.29, 1.82) is 0 Å². The van der Waals surface area contributed by atoms with Crippen LogP contribution in [0.3, 0.4) is 0 Å². The summed E-state index contributed by atoms with van der Waals surface area (Å²) < 4.78 is 10.6. The van der Waals surface area contributed by atoms with Crippen LogP contribution in [0.25, 0.3) is 0 Å². The number of pyridine rings is 1. The molecule has 28 heavy (non-hydrogen) atoms. The molecule has 0 radical (unpaired) electrons. The zero-order chi connectivity index (χ0) is 20.5. The highest BCUT2D eigenvalue weighted by molar-refractivity contribution is 7.13. The number of hydrogen-bond acceptors (Lipinski definition) is 7. The van der Waals surface area contributed by atoms with Gasteiger partial charge < -0.3 is 20.1 Å². The molecule has 0 aliphatic rings. The molecule has 0 saturated heterocycles. The monoisotopic (exact) mass is 405 g/mol. The van der Waals surface area contributed by atoms with Crippen molar-refractivity contribution >= 4 is 23.3 Å². The number of guanidine groups is 1.